The molecule has 0 spiro atoms. The van der Waals surface area contributed by atoms with Crippen LogP contribution in [0.15, 0.2) is 33.7 Å². The zero-order valence-corrected chi connectivity index (χ0v) is 12.8. The third-order valence-corrected chi connectivity index (χ3v) is 4.03. The van der Waals surface area contributed by atoms with Crippen LogP contribution in [0.2, 0.25) is 0 Å². The molecule has 22 heavy (non-hydrogen) atoms. The Morgan fingerprint density at radius 1 is 1.18 bits per heavy atom. The van der Waals surface area contributed by atoms with E-state index in [0.717, 1.165) is 39.1 Å². The molecule has 0 unspecified atom stereocenters. The van der Waals surface area contributed by atoms with Crippen molar-refractivity contribution in [3.63, 3.8) is 0 Å². The maximum Gasteiger partial charge on any atom is 0.441 e. The second-order valence-electron chi connectivity index (χ2n) is 5.64. The van der Waals surface area contributed by atoms with Gasteiger partial charge in [-0.3, -0.25) is 14.1 Å². The second kappa shape index (κ2) is 6.85. The first kappa shape index (κ1) is 14.9. The summed E-state index contributed by atoms with van der Waals surface area (Å²) in [5, 5.41) is 3.85. The summed E-state index contributed by atoms with van der Waals surface area (Å²) in [5.74, 6) is 0.0861. The molecule has 7 heteroatoms. The highest BCUT2D eigenvalue weighted by Crippen LogP contribution is 2.12. The Labute approximate surface area is 129 Å². The van der Waals surface area contributed by atoms with E-state index in [1.165, 1.54) is 0 Å². The summed E-state index contributed by atoms with van der Waals surface area (Å²) >= 11 is 0. The van der Waals surface area contributed by atoms with E-state index in [4.69, 9.17) is 4.52 Å². The molecule has 2 aromatic rings. The van der Waals surface area contributed by atoms with Crippen LogP contribution < -0.4 is 5.76 Å². The topological polar surface area (TPSA) is 67.4 Å². The maximum absolute atomic E-state index is 11.8. The van der Waals surface area contributed by atoms with Crippen molar-refractivity contribution in [1.82, 2.24) is 24.5 Å². The van der Waals surface area contributed by atoms with Gasteiger partial charge >= 0.3 is 5.76 Å². The number of pyridine rings is 1. The summed E-state index contributed by atoms with van der Waals surface area (Å²) < 4.78 is 6.37. The maximum atomic E-state index is 11.8. The number of nitrogens with zero attached hydrogens (tertiary/aromatic N) is 5. The van der Waals surface area contributed by atoms with E-state index >= 15 is 0 Å². The number of hydrogen-bond donors (Lipinski definition) is 0. The molecule has 0 aliphatic carbocycles. The monoisotopic (exact) mass is 303 g/mol. The van der Waals surface area contributed by atoms with Crippen molar-refractivity contribution in [2.75, 3.05) is 39.8 Å². The lowest BCUT2D eigenvalue weighted by Gasteiger charge is -2.32. The highest BCUT2D eigenvalue weighted by molar-refractivity contribution is 5.47. The van der Waals surface area contributed by atoms with Crippen molar-refractivity contribution in [1.29, 1.82) is 0 Å². The van der Waals surface area contributed by atoms with Crippen LogP contribution in [0.25, 0.3) is 11.5 Å². The van der Waals surface area contributed by atoms with Gasteiger partial charge in [0.25, 0.3) is 0 Å². The molecule has 3 rings (SSSR count). The molecule has 0 atom stereocenters. The minimum absolute atomic E-state index is 0.418. The van der Waals surface area contributed by atoms with E-state index in [1.54, 1.807) is 10.8 Å². The summed E-state index contributed by atoms with van der Waals surface area (Å²) in [6.07, 6.45) is 2.58. The largest absolute Gasteiger partial charge is 0.441 e. The lowest BCUT2D eigenvalue weighted by Crippen LogP contribution is -2.44. The SMILES string of the molecule is CN1CCN(CCCn2c(-c3ccccn3)noc2=O)CC1. The Kier molecular flexibility index (Phi) is 4.65. The number of aromatic nitrogens is 3. The quantitative estimate of drug-likeness (QED) is 0.803. The molecule has 7 nitrogen and oxygen atoms in total. The van der Waals surface area contributed by atoms with Crippen LogP contribution in [-0.2, 0) is 6.54 Å². The van der Waals surface area contributed by atoms with Crippen LogP contribution in [0.4, 0.5) is 0 Å². The first-order valence-electron chi connectivity index (χ1n) is 7.63. The highest BCUT2D eigenvalue weighted by Gasteiger charge is 2.16. The zero-order valence-electron chi connectivity index (χ0n) is 12.8. The molecule has 0 radical (unpaired) electrons. The fourth-order valence-corrected chi connectivity index (χ4v) is 2.67. The molecular formula is C15H21N5O2. The van der Waals surface area contributed by atoms with Crippen molar-refractivity contribution in [2.45, 2.75) is 13.0 Å². The van der Waals surface area contributed by atoms with Gasteiger partial charge in [-0.2, -0.15) is 0 Å². The van der Waals surface area contributed by atoms with Gasteiger partial charge in [0.1, 0.15) is 5.69 Å². The second-order valence-corrected chi connectivity index (χ2v) is 5.64. The van der Waals surface area contributed by atoms with Gasteiger partial charge in [0.05, 0.1) is 0 Å². The molecule has 1 aliphatic heterocycles. The van der Waals surface area contributed by atoms with Crippen LogP contribution in [0.5, 0.6) is 0 Å². The fraction of sp³-hybridized carbons (Fsp3) is 0.533. The van der Waals surface area contributed by atoms with E-state index < -0.39 is 5.76 Å². The summed E-state index contributed by atoms with van der Waals surface area (Å²) in [6.45, 7) is 5.96. The summed E-state index contributed by atoms with van der Waals surface area (Å²) in [5.41, 5.74) is 0.660. The van der Waals surface area contributed by atoms with Crippen LogP contribution in [-0.4, -0.2) is 64.3 Å². The van der Waals surface area contributed by atoms with E-state index in [-0.39, 0.29) is 0 Å². The van der Waals surface area contributed by atoms with Crippen molar-refractivity contribution >= 4 is 0 Å². The van der Waals surface area contributed by atoms with E-state index in [1.807, 2.05) is 18.2 Å². The minimum atomic E-state index is -0.418. The molecule has 118 valence electrons. The van der Waals surface area contributed by atoms with Gasteiger partial charge < -0.3 is 9.80 Å². The van der Waals surface area contributed by atoms with Gasteiger partial charge in [-0.05, 0) is 32.1 Å². The summed E-state index contributed by atoms with van der Waals surface area (Å²) in [6, 6.07) is 5.53. The van der Waals surface area contributed by atoms with Crippen LogP contribution >= 0.6 is 0 Å². The first-order chi connectivity index (χ1) is 10.7. The normalized spacial score (nSPS) is 17.0. The molecule has 2 aromatic heterocycles. The fourth-order valence-electron chi connectivity index (χ4n) is 2.67. The van der Waals surface area contributed by atoms with Crippen molar-refractivity contribution in [2.24, 2.45) is 0 Å². The predicted molar refractivity (Wildman–Crippen MR) is 82.5 cm³/mol. The molecule has 0 amide bonds. The van der Waals surface area contributed by atoms with E-state index in [2.05, 4.69) is 27.0 Å². The van der Waals surface area contributed by atoms with Gasteiger partial charge in [-0.1, -0.05) is 11.2 Å². The van der Waals surface area contributed by atoms with Crippen molar-refractivity contribution in [3.05, 3.63) is 34.9 Å². The molecule has 0 bridgehead atoms. The standard InChI is InChI=1S/C15H21N5O2/c1-18-9-11-19(12-10-18)7-4-8-20-14(17-22-15(20)21)13-5-2-3-6-16-13/h2-3,5-6H,4,7-12H2,1H3. The summed E-state index contributed by atoms with van der Waals surface area (Å²) in [7, 11) is 2.15. The molecule has 0 saturated carbocycles. The molecule has 1 saturated heterocycles. The Morgan fingerprint density at radius 2 is 2.00 bits per heavy atom. The smallest absolute Gasteiger partial charge is 0.304 e. The van der Waals surface area contributed by atoms with E-state index in [0.29, 0.717) is 18.1 Å². The Balaban J connectivity index is 1.61. The number of hydrogen-bond acceptors (Lipinski definition) is 6. The number of likely N-dealkylation sites (N-methyl/N-ethyl adjacent to an activating group) is 1. The molecular weight excluding hydrogens is 282 g/mol. The Morgan fingerprint density at radius 3 is 2.73 bits per heavy atom. The van der Waals surface area contributed by atoms with Crippen LogP contribution in [0.1, 0.15) is 6.42 Å². The molecule has 3 heterocycles. The lowest BCUT2D eigenvalue weighted by molar-refractivity contribution is 0.151. The van der Waals surface area contributed by atoms with Crippen molar-refractivity contribution in [3.8, 4) is 11.5 Å². The van der Waals surface area contributed by atoms with Gasteiger partial charge in [-0.25, -0.2) is 4.79 Å². The third kappa shape index (κ3) is 3.42. The highest BCUT2D eigenvalue weighted by atomic mass is 16.5. The van der Waals surface area contributed by atoms with Gasteiger partial charge in [-0.15, -0.1) is 0 Å². The average molecular weight is 303 g/mol. The van der Waals surface area contributed by atoms with Gasteiger partial charge in [0.2, 0.25) is 5.82 Å². The predicted octanol–water partition coefficient (Wildman–Crippen LogP) is 0.536. The first-order valence-corrected chi connectivity index (χ1v) is 7.63. The van der Waals surface area contributed by atoms with Gasteiger partial charge in [0.15, 0.2) is 0 Å². The van der Waals surface area contributed by atoms with Crippen LogP contribution in [0, 0.1) is 0 Å². The molecule has 0 aromatic carbocycles. The molecule has 0 N–H and O–H groups in total. The van der Waals surface area contributed by atoms with Gasteiger partial charge in [0, 0.05) is 38.9 Å². The van der Waals surface area contributed by atoms with E-state index in [9.17, 15) is 4.79 Å². The number of piperazine rings is 1. The molecule has 1 aliphatic rings. The Hall–Kier alpha value is -1.99. The Bertz CT molecular complexity index is 643. The zero-order chi connectivity index (χ0) is 15.4. The lowest BCUT2D eigenvalue weighted by atomic mass is 10.3. The third-order valence-electron chi connectivity index (χ3n) is 4.03. The average Bonchev–Trinajstić information content (AvgIpc) is 2.91. The van der Waals surface area contributed by atoms with Crippen LogP contribution in [0.3, 0.4) is 0 Å². The summed E-state index contributed by atoms with van der Waals surface area (Å²) in [4.78, 5) is 20.8. The number of rotatable bonds is 5. The molecule has 1 fully saturated rings. The van der Waals surface area contributed by atoms with Crippen molar-refractivity contribution < 1.29 is 4.52 Å². The minimum Gasteiger partial charge on any atom is -0.304 e.